The van der Waals surface area contributed by atoms with Gasteiger partial charge < -0.3 is 9.90 Å². The first-order valence-corrected chi connectivity index (χ1v) is 10.1. The number of nitrogens with zero attached hydrogens (tertiary/aromatic N) is 2. The molecule has 9 heteroatoms. The van der Waals surface area contributed by atoms with Gasteiger partial charge in [0.25, 0.3) is 0 Å². The summed E-state index contributed by atoms with van der Waals surface area (Å²) < 4.78 is 39.5. The van der Waals surface area contributed by atoms with Crippen LogP contribution in [0.3, 0.4) is 0 Å². The van der Waals surface area contributed by atoms with E-state index in [-0.39, 0.29) is 29.7 Å². The van der Waals surface area contributed by atoms with Crippen LogP contribution in [0.15, 0.2) is 24.3 Å². The molecule has 2 aromatic rings. The Hall–Kier alpha value is -2.39. The molecule has 1 unspecified atom stereocenters. The molecule has 0 fully saturated rings. The van der Waals surface area contributed by atoms with Crippen LogP contribution in [0.25, 0.3) is 11.3 Å². The minimum Gasteiger partial charge on any atom is -0.388 e. The van der Waals surface area contributed by atoms with Crippen LogP contribution < -0.4 is 4.72 Å². The van der Waals surface area contributed by atoms with Crippen LogP contribution in [0.1, 0.15) is 50.5 Å². The second-order valence-corrected chi connectivity index (χ2v) is 8.29. The molecule has 0 amide bonds. The predicted octanol–water partition coefficient (Wildman–Crippen LogP) is 2.79. The van der Waals surface area contributed by atoms with Crippen molar-refractivity contribution in [1.82, 2.24) is 9.97 Å². The van der Waals surface area contributed by atoms with Gasteiger partial charge in [0.15, 0.2) is 0 Å². The van der Waals surface area contributed by atoms with Crippen LogP contribution in [0, 0.1) is 5.82 Å². The monoisotopic (exact) mass is 395 g/mol. The van der Waals surface area contributed by atoms with Gasteiger partial charge in [-0.3, -0.25) is 4.72 Å². The van der Waals surface area contributed by atoms with E-state index in [1.54, 1.807) is 0 Å². The van der Waals surface area contributed by atoms with Gasteiger partial charge >= 0.3 is 0 Å². The third-order valence-electron chi connectivity index (χ3n) is 3.92. The Bertz CT molecular complexity index is 915. The first-order valence-electron chi connectivity index (χ1n) is 8.48. The van der Waals surface area contributed by atoms with Gasteiger partial charge in [0.1, 0.15) is 12.1 Å². The van der Waals surface area contributed by atoms with Crippen LogP contribution in [-0.2, 0) is 14.8 Å². The molecular formula is C18H22FN3O4S. The average Bonchev–Trinajstić information content (AvgIpc) is 2.61. The standard InChI is InChI=1S/C18H22FN3O4S/c1-4-27(25,26)22-18-20-16(11(2)3)15(14(24)9-10-23)17(21-18)12-5-7-13(19)8-6-12/h5-8,10-11,14,24H,4,9H2,1-3H3,(H,20,21,22). The number of aliphatic hydroxyl groups is 1. The highest BCUT2D eigenvalue weighted by molar-refractivity contribution is 7.92. The Morgan fingerprint density at radius 3 is 2.37 bits per heavy atom. The summed E-state index contributed by atoms with van der Waals surface area (Å²) in [7, 11) is -3.62. The SMILES string of the molecule is CCS(=O)(=O)Nc1nc(-c2ccc(F)cc2)c(C(O)CC=O)c(C(C)C)n1. The van der Waals surface area contributed by atoms with Crippen molar-refractivity contribution >= 4 is 22.3 Å². The number of anilines is 1. The van der Waals surface area contributed by atoms with Crippen molar-refractivity contribution in [2.24, 2.45) is 0 Å². The maximum Gasteiger partial charge on any atom is 0.237 e. The van der Waals surface area contributed by atoms with Gasteiger partial charge in [-0.05, 0) is 37.1 Å². The van der Waals surface area contributed by atoms with Gasteiger partial charge in [0.2, 0.25) is 16.0 Å². The summed E-state index contributed by atoms with van der Waals surface area (Å²) in [5, 5.41) is 10.5. The summed E-state index contributed by atoms with van der Waals surface area (Å²) in [6.45, 7) is 5.13. The lowest BCUT2D eigenvalue weighted by atomic mass is 9.93. The van der Waals surface area contributed by atoms with Gasteiger partial charge in [0, 0.05) is 17.5 Å². The number of aldehydes is 1. The molecule has 0 aliphatic rings. The molecule has 27 heavy (non-hydrogen) atoms. The van der Waals surface area contributed by atoms with E-state index in [1.165, 1.54) is 31.2 Å². The molecule has 0 aliphatic carbocycles. The fourth-order valence-corrected chi connectivity index (χ4v) is 3.06. The third-order valence-corrected chi connectivity index (χ3v) is 5.17. The number of carbonyl (C=O) groups is 1. The van der Waals surface area contributed by atoms with Gasteiger partial charge in [-0.25, -0.2) is 22.8 Å². The van der Waals surface area contributed by atoms with Crippen LogP contribution in [0.4, 0.5) is 10.3 Å². The van der Waals surface area contributed by atoms with Crippen molar-refractivity contribution in [1.29, 1.82) is 0 Å². The zero-order valence-corrected chi connectivity index (χ0v) is 16.1. The third kappa shape index (κ3) is 5.08. The van der Waals surface area contributed by atoms with Crippen molar-refractivity contribution < 1.29 is 22.7 Å². The van der Waals surface area contributed by atoms with E-state index in [1.807, 2.05) is 13.8 Å². The van der Waals surface area contributed by atoms with E-state index >= 15 is 0 Å². The molecule has 1 atom stereocenters. The predicted molar refractivity (Wildman–Crippen MR) is 100 cm³/mol. The Morgan fingerprint density at radius 1 is 1.22 bits per heavy atom. The Morgan fingerprint density at radius 2 is 1.85 bits per heavy atom. The molecule has 146 valence electrons. The van der Waals surface area contributed by atoms with Crippen LogP contribution in [0.5, 0.6) is 0 Å². The Balaban J connectivity index is 2.75. The van der Waals surface area contributed by atoms with E-state index in [0.29, 0.717) is 23.1 Å². The molecule has 2 rings (SSSR count). The van der Waals surface area contributed by atoms with Crippen LogP contribution in [-0.4, -0.2) is 35.5 Å². The number of aromatic nitrogens is 2. The second kappa shape index (κ2) is 8.53. The van der Waals surface area contributed by atoms with Gasteiger partial charge in [-0.15, -0.1) is 0 Å². The van der Waals surface area contributed by atoms with Crippen molar-refractivity contribution in [2.45, 2.75) is 39.2 Å². The van der Waals surface area contributed by atoms with Crippen LogP contribution >= 0.6 is 0 Å². The number of aliphatic hydroxyl groups excluding tert-OH is 1. The maximum atomic E-state index is 13.3. The molecule has 1 aromatic carbocycles. The van der Waals surface area contributed by atoms with Gasteiger partial charge in [0.05, 0.1) is 23.2 Å². The van der Waals surface area contributed by atoms with Crippen molar-refractivity contribution in [3.05, 3.63) is 41.3 Å². The zero-order valence-electron chi connectivity index (χ0n) is 15.3. The van der Waals surface area contributed by atoms with Crippen molar-refractivity contribution in [3.8, 4) is 11.3 Å². The van der Waals surface area contributed by atoms with E-state index in [2.05, 4.69) is 14.7 Å². The average molecular weight is 395 g/mol. The molecule has 0 spiro atoms. The minimum absolute atomic E-state index is 0.137. The van der Waals surface area contributed by atoms with Crippen LogP contribution in [0.2, 0.25) is 0 Å². The smallest absolute Gasteiger partial charge is 0.237 e. The normalized spacial score (nSPS) is 12.8. The molecule has 1 heterocycles. The summed E-state index contributed by atoms with van der Waals surface area (Å²) in [5.74, 6) is -0.927. The first-order chi connectivity index (χ1) is 12.7. The van der Waals surface area contributed by atoms with Crippen molar-refractivity contribution in [2.75, 3.05) is 10.5 Å². The number of carbonyl (C=O) groups excluding carboxylic acids is 1. The highest BCUT2D eigenvalue weighted by atomic mass is 32.2. The molecule has 0 bridgehead atoms. The van der Waals surface area contributed by atoms with Gasteiger partial charge in [-0.1, -0.05) is 13.8 Å². The topological polar surface area (TPSA) is 109 Å². The molecule has 2 N–H and O–H groups in total. The first kappa shape index (κ1) is 20.9. The fourth-order valence-electron chi connectivity index (χ4n) is 2.55. The summed E-state index contributed by atoms with van der Waals surface area (Å²) in [5.41, 5.74) is 1.45. The molecule has 0 saturated heterocycles. The zero-order chi connectivity index (χ0) is 20.2. The maximum absolute atomic E-state index is 13.3. The number of halogens is 1. The molecule has 0 radical (unpaired) electrons. The number of hydrogen-bond acceptors (Lipinski definition) is 6. The summed E-state index contributed by atoms with van der Waals surface area (Å²) in [6, 6.07) is 5.41. The fraction of sp³-hybridized carbons (Fsp3) is 0.389. The summed E-state index contributed by atoms with van der Waals surface area (Å²) in [4.78, 5) is 19.4. The quantitative estimate of drug-likeness (QED) is 0.665. The highest BCUT2D eigenvalue weighted by Crippen LogP contribution is 2.34. The number of rotatable bonds is 8. The number of benzene rings is 1. The minimum atomic E-state index is -3.62. The molecule has 0 saturated carbocycles. The van der Waals surface area contributed by atoms with E-state index in [0.717, 1.165) is 0 Å². The molecular weight excluding hydrogens is 373 g/mol. The largest absolute Gasteiger partial charge is 0.388 e. The Kier molecular flexibility index (Phi) is 6.61. The number of nitrogens with one attached hydrogen (secondary N) is 1. The highest BCUT2D eigenvalue weighted by Gasteiger charge is 2.25. The molecule has 7 nitrogen and oxygen atoms in total. The summed E-state index contributed by atoms with van der Waals surface area (Å²) >= 11 is 0. The lowest BCUT2D eigenvalue weighted by Crippen LogP contribution is -2.19. The molecule has 0 aliphatic heterocycles. The van der Waals surface area contributed by atoms with E-state index in [4.69, 9.17) is 0 Å². The van der Waals surface area contributed by atoms with Gasteiger partial charge in [-0.2, -0.15) is 0 Å². The summed E-state index contributed by atoms with van der Waals surface area (Å²) in [6.07, 6.45) is -0.759. The lowest BCUT2D eigenvalue weighted by molar-refractivity contribution is -0.109. The number of sulfonamides is 1. The molecule has 1 aromatic heterocycles. The second-order valence-electron chi connectivity index (χ2n) is 6.28. The number of hydrogen-bond donors (Lipinski definition) is 2. The Labute approximate surface area is 157 Å². The van der Waals surface area contributed by atoms with Crippen molar-refractivity contribution in [3.63, 3.8) is 0 Å². The van der Waals surface area contributed by atoms with E-state index < -0.39 is 21.9 Å². The lowest BCUT2D eigenvalue weighted by Gasteiger charge is -2.21. The van der Waals surface area contributed by atoms with E-state index in [9.17, 15) is 22.7 Å².